The third-order valence-corrected chi connectivity index (χ3v) is 4.85. The van der Waals surface area contributed by atoms with Gasteiger partial charge in [-0.1, -0.05) is 17.7 Å². The van der Waals surface area contributed by atoms with Crippen LogP contribution in [0.3, 0.4) is 0 Å². The molecule has 0 saturated carbocycles. The number of amides is 2. The minimum Gasteiger partial charge on any atom is -0.328 e. The van der Waals surface area contributed by atoms with Crippen LogP contribution in [0, 0.1) is 6.92 Å². The minimum atomic E-state index is -0.172. The van der Waals surface area contributed by atoms with Gasteiger partial charge >= 0.3 is 6.03 Å². The van der Waals surface area contributed by atoms with Gasteiger partial charge in [0.15, 0.2) is 5.82 Å². The monoisotopic (exact) mass is 347 g/mol. The normalized spacial score (nSPS) is 12.0. The van der Waals surface area contributed by atoms with Gasteiger partial charge in [-0.05, 0) is 38.2 Å². The number of thioether (sulfide) groups is 1. The van der Waals surface area contributed by atoms with Crippen molar-refractivity contribution in [3.63, 3.8) is 0 Å². The minimum absolute atomic E-state index is 0.0918. The zero-order valence-corrected chi connectivity index (χ0v) is 15.5. The van der Waals surface area contributed by atoms with E-state index in [1.165, 1.54) is 10.5 Å². The van der Waals surface area contributed by atoms with Gasteiger partial charge in [-0.2, -0.15) is 0 Å². The van der Waals surface area contributed by atoms with Gasteiger partial charge in [0.05, 0.1) is 6.04 Å². The van der Waals surface area contributed by atoms with Gasteiger partial charge in [-0.3, -0.25) is 0 Å². The molecule has 0 aliphatic heterocycles. The number of hydrogen-bond acceptors (Lipinski definition) is 4. The lowest BCUT2D eigenvalue weighted by Gasteiger charge is -2.20. The molecule has 1 N–H and O–H groups in total. The first kappa shape index (κ1) is 18.3. The van der Waals surface area contributed by atoms with E-state index in [9.17, 15) is 4.79 Å². The van der Waals surface area contributed by atoms with Crippen molar-refractivity contribution in [2.24, 2.45) is 7.05 Å². The SMILES string of the molecule is Cc1ccc(SCCCN(C)C(=O)N[C@H](C)c2nncn2C)cc1. The number of nitrogens with zero attached hydrogens (tertiary/aromatic N) is 4. The van der Waals surface area contributed by atoms with Gasteiger partial charge in [0.2, 0.25) is 0 Å². The quantitative estimate of drug-likeness (QED) is 0.618. The van der Waals surface area contributed by atoms with Crippen LogP contribution in [0.4, 0.5) is 4.79 Å². The lowest BCUT2D eigenvalue weighted by Crippen LogP contribution is -2.39. The first-order valence-corrected chi connectivity index (χ1v) is 9.01. The number of rotatable bonds is 7. The van der Waals surface area contributed by atoms with Crippen LogP contribution in [0.15, 0.2) is 35.5 Å². The first-order valence-electron chi connectivity index (χ1n) is 8.02. The largest absolute Gasteiger partial charge is 0.328 e. The van der Waals surface area contributed by atoms with Crippen LogP contribution in [0.1, 0.15) is 30.8 Å². The van der Waals surface area contributed by atoms with E-state index in [-0.39, 0.29) is 12.1 Å². The number of aromatic nitrogens is 3. The van der Waals surface area contributed by atoms with Crippen LogP contribution >= 0.6 is 11.8 Å². The van der Waals surface area contributed by atoms with E-state index in [0.717, 1.165) is 24.5 Å². The smallest absolute Gasteiger partial charge is 0.317 e. The number of aryl methyl sites for hydroxylation is 2. The predicted octanol–water partition coefficient (Wildman–Crippen LogP) is 3.01. The summed E-state index contributed by atoms with van der Waals surface area (Å²) in [6, 6.07) is 8.25. The van der Waals surface area contributed by atoms with E-state index in [2.05, 4.69) is 46.7 Å². The first-order chi connectivity index (χ1) is 11.5. The molecule has 0 aliphatic rings. The molecule has 0 unspecified atom stereocenters. The second kappa shape index (κ2) is 8.73. The number of benzene rings is 1. The standard InChI is InChI=1S/C17H25N5OS/c1-13-6-8-15(9-7-13)24-11-5-10-21(3)17(23)19-14(2)16-20-18-12-22(16)4/h6-9,12,14H,5,10-11H2,1-4H3,(H,19,23)/t14-/m1/s1. The average molecular weight is 347 g/mol. The van der Waals surface area contributed by atoms with Crippen molar-refractivity contribution in [2.45, 2.75) is 31.2 Å². The van der Waals surface area contributed by atoms with Gasteiger partial charge in [0.25, 0.3) is 0 Å². The van der Waals surface area contributed by atoms with E-state index in [1.54, 1.807) is 11.2 Å². The molecule has 0 saturated heterocycles. The molecule has 0 bridgehead atoms. The molecule has 2 aromatic rings. The Morgan fingerprint density at radius 2 is 2.08 bits per heavy atom. The van der Waals surface area contributed by atoms with Crippen molar-refractivity contribution in [3.05, 3.63) is 42.0 Å². The number of hydrogen-bond donors (Lipinski definition) is 1. The maximum Gasteiger partial charge on any atom is 0.317 e. The summed E-state index contributed by atoms with van der Waals surface area (Å²) in [5.41, 5.74) is 1.27. The Kier molecular flexibility index (Phi) is 6.66. The zero-order chi connectivity index (χ0) is 17.5. The molecule has 2 rings (SSSR count). The summed E-state index contributed by atoms with van der Waals surface area (Å²) < 4.78 is 1.81. The Hall–Kier alpha value is -2.02. The molecule has 0 radical (unpaired) electrons. The van der Waals surface area contributed by atoms with E-state index >= 15 is 0 Å². The number of carbonyl (C=O) groups excluding carboxylic acids is 1. The van der Waals surface area contributed by atoms with Crippen LogP contribution in [0.5, 0.6) is 0 Å². The van der Waals surface area contributed by atoms with E-state index in [1.807, 2.05) is 37.3 Å². The third-order valence-electron chi connectivity index (χ3n) is 3.75. The highest BCUT2D eigenvalue weighted by Crippen LogP contribution is 2.19. The molecule has 24 heavy (non-hydrogen) atoms. The van der Waals surface area contributed by atoms with Crippen LogP contribution < -0.4 is 5.32 Å². The maximum atomic E-state index is 12.2. The van der Waals surface area contributed by atoms with Crippen molar-refractivity contribution in [1.82, 2.24) is 25.0 Å². The fraction of sp³-hybridized carbons (Fsp3) is 0.471. The summed E-state index contributed by atoms with van der Waals surface area (Å²) >= 11 is 1.82. The highest BCUT2D eigenvalue weighted by atomic mass is 32.2. The van der Waals surface area contributed by atoms with Crippen molar-refractivity contribution >= 4 is 17.8 Å². The zero-order valence-electron chi connectivity index (χ0n) is 14.7. The van der Waals surface area contributed by atoms with E-state index in [0.29, 0.717) is 0 Å². The van der Waals surface area contributed by atoms with Gasteiger partial charge in [0, 0.05) is 25.5 Å². The molecular weight excluding hydrogens is 322 g/mol. The van der Waals surface area contributed by atoms with Gasteiger partial charge in [0.1, 0.15) is 6.33 Å². The number of urea groups is 1. The molecule has 130 valence electrons. The second-order valence-electron chi connectivity index (χ2n) is 5.91. The molecule has 0 fully saturated rings. The molecular formula is C17H25N5OS. The van der Waals surface area contributed by atoms with Crippen LogP contribution in [-0.4, -0.2) is 45.0 Å². The maximum absolute atomic E-state index is 12.2. The second-order valence-corrected chi connectivity index (χ2v) is 7.08. The number of nitrogens with one attached hydrogen (secondary N) is 1. The number of carbonyl (C=O) groups is 1. The molecule has 1 aromatic carbocycles. The summed E-state index contributed by atoms with van der Waals surface area (Å²) in [6.45, 7) is 4.71. The topological polar surface area (TPSA) is 63.1 Å². The van der Waals surface area contributed by atoms with Gasteiger partial charge < -0.3 is 14.8 Å². The fourth-order valence-corrected chi connectivity index (χ4v) is 3.11. The predicted molar refractivity (Wildman–Crippen MR) is 97.1 cm³/mol. The molecule has 1 aromatic heterocycles. The lowest BCUT2D eigenvalue weighted by atomic mass is 10.2. The van der Waals surface area contributed by atoms with Crippen molar-refractivity contribution in [3.8, 4) is 0 Å². The summed E-state index contributed by atoms with van der Waals surface area (Å²) in [6.07, 6.45) is 2.57. The summed E-state index contributed by atoms with van der Waals surface area (Å²) in [5.74, 6) is 1.73. The van der Waals surface area contributed by atoms with E-state index < -0.39 is 0 Å². The molecule has 1 atom stereocenters. The molecule has 7 heteroatoms. The van der Waals surface area contributed by atoms with E-state index in [4.69, 9.17) is 0 Å². The third kappa shape index (κ3) is 5.26. The summed E-state index contributed by atoms with van der Waals surface area (Å²) in [4.78, 5) is 15.2. The van der Waals surface area contributed by atoms with Crippen molar-refractivity contribution < 1.29 is 4.79 Å². The van der Waals surface area contributed by atoms with Gasteiger partial charge in [-0.15, -0.1) is 22.0 Å². The molecule has 0 spiro atoms. The molecule has 1 heterocycles. The molecule has 6 nitrogen and oxygen atoms in total. The lowest BCUT2D eigenvalue weighted by molar-refractivity contribution is 0.205. The van der Waals surface area contributed by atoms with Gasteiger partial charge in [-0.25, -0.2) is 4.79 Å². The van der Waals surface area contributed by atoms with Crippen LogP contribution in [0.2, 0.25) is 0 Å². The summed E-state index contributed by atoms with van der Waals surface area (Å²) in [5, 5.41) is 10.8. The Morgan fingerprint density at radius 1 is 1.38 bits per heavy atom. The Labute approximate surface area is 147 Å². The van der Waals surface area contributed by atoms with Crippen LogP contribution in [-0.2, 0) is 7.05 Å². The average Bonchev–Trinajstić information content (AvgIpc) is 2.99. The fourth-order valence-electron chi connectivity index (χ4n) is 2.27. The van der Waals surface area contributed by atoms with Crippen molar-refractivity contribution in [1.29, 1.82) is 0 Å². The summed E-state index contributed by atoms with van der Waals surface area (Å²) in [7, 11) is 3.68. The van der Waals surface area contributed by atoms with Crippen LogP contribution in [0.25, 0.3) is 0 Å². The Balaban J connectivity index is 1.70. The van der Waals surface area contributed by atoms with Crippen molar-refractivity contribution in [2.75, 3.05) is 19.3 Å². The highest BCUT2D eigenvalue weighted by Gasteiger charge is 2.16. The Bertz CT molecular complexity index is 655. The molecule has 0 aliphatic carbocycles. The molecule has 2 amide bonds. The highest BCUT2D eigenvalue weighted by molar-refractivity contribution is 7.99. The Morgan fingerprint density at radius 3 is 2.71 bits per heavy atom.